The van der Waals surface area contributed by atoms with Crippen LogP contribution < -0.4 is 4.74 Å². The van der Waals surface area contributed by atoms with E-state index in [1.807, 2.05) is 24.3 Å². The summed E-state index contributed by atoms with van der Waals surface area (Å²) < 4.78 is 20.8. The lowest BCUT2D eigenvalue weighted by molar-refractivity contribution is 0.177. The molecule has 1 saturated carbocycles. The summed E-state index contributed by atoms with van der Waals surface area (Å²) in [5.74, 6) is 1.99. The van der Waals surface area contributed by atoms with Crippen LogP contribution in [0.1, 0.15) is 109 Å². The lowest BCUT2D eigenvalue weighted by Gasteiger charge is -2.28. The minimum Gasteiger partial charge on any atom is -0.493 e. The van der Waals surface area contributed by atoms with Gasteiger partial charge in [-0.2, -0.15) is 0 Å². The molecule has 0 spiro atoms. The molecule has 1 fully saturated rings. The van der Waals surface area contributed by atoms with E-state index in [0.717, 1.165) is 30.9 Å². The molecule has 0 aromatic heterocycles. The summed E-state index contributed by atoms with van der Waals surface area (Å²) in [6, 6.07) is 13.6. The number of unbranched alkanes of at least 4 members (excludes halogenated alkanes) is 7. The van der Waals surface area contributed by atoms with Gasteiger partial charge in [-0.3, -0.25) is 0 Å². The molecule has 3 rings (SSSR count). The molecule has 0 aliphatic heterocycles. The Labute approximate surface area is 208 Å². The largest absolute Gasteiger partial charge is 0.493 e. The van der Waals surface area contributed by atoms with E-state index in [9.17, 15) is 4.39 Å². The second-order valence-corrected chi connectivity index (χ2v) is 10.5. The summed E-state index contributed by atoms with van der Waals surface area (Å²) in [5.41, 5.74) is 2.88. The van der Waals surface area contributed by atoms with E-state index in [1.54, 1.807) is 6.07 Å². The number of halogens is 1. The van der Waals surface area contributed by atoms with Crippen LogP contribution in [-0.2, 0) is 6.42 Å². The van der Waals surface area contributed by atoms with Crippen LogP contribution in [0, 0.1) is 17.7 Å². The maximum absolute atomic E-state index is 14.8. The van der Waals surface area contributed by atoms with Crippen LogP contribution in [0.5, 0.6) is 5.75 Å². The van der Waals surface area contributed by atoms with Crippen LogP contribution in [0.4, 0.5) is 4.39 Å². The van der Waals surface area contributed by atoms with Crippen LogP contribution in [-0.4, -0.2) is 6.61 Å². The highest BCUT2D eigenvalue weighted by Crippen LogP contribution is 2.33. The standard InChI is InChI=1S/C32H47FO/c1-3-5-6-7-8-9-10-11-13-27-14-16-28(17-15-27)25-34-30-22-23-31(32(33)24-30)29-20-18-26(12-4-2)19-21-29/h18-24,27-28H,3-17,25H2,1-2H3/t27-,28-. The highest BCUT2D eigenvalue weighted by Gasteiger charge is 2.21. The molecule has 0 atom stereocenters. The van der Waals surface area contributed by atoms with Crippen LogP contribution in [0.2, 0.25) is 0 Å². The zero-order chi connectivity index (χ0) is 24.0. The van der Waals surface area contributed by atoms with E-state index in [2.05, 4.69) is 26.0 Å². The molecule has 0 radical (unpaired) electrons. The maximum atomic E-state index is 14.8. The molecule has 0 unspecified atom stereocenters. The van der Waals surface area contributed by atoms with Gasteiger partial charge in [0.05, 0.1) is 6.61 Å². The van der Waals surface area contributed by atoms with Gasteiger partial charge < -0.3 is 4.74 Å². The molecule has 0 bridgehead atoms. The van der Waals surface area contributed by atoms with Crippen molar-refractivity contribution in [3.8, 4) is 16.9 Å². The molecule has 34 heavy (non-hydrogen) atoms. The van der Waals surface area contributed by atoms with Crippen LogP contribution in [0.15, 0.2) is 42.5 Å². The Bertz CT molecular complexity index is 804. The molecule has 1 aliphatic rings. The number of ether oxygens (including phenoxy) is 1. The van der Waals surface area contributed by atoms with Crippen molar-refractivity contribution in [3.05, 3.63) is 53.8 Å². The van der Waals surface area contributed by atoms with Crippen LogP contribution >= 0.6 is 0 Å². The fraction of sp³-hybridized carbons (Fsp3) is 0.625. The molecule has 188 valence electrons. The Kier molecular flexibility index (Phi) is 12.0. The van der Waals surface area contributed by atoms with Gasteiger partial charge in [0.15, 0.2) is 0 Å². The van der Waals surface area contributed by atoms with Crippen molar-refractivity contribution in [2.45, 2.75) is 110 Å². The number of aryl methyl sites for hydroxylation is 1. The third-order valence-electron chi connectivity index (χ3n) is 7.66. The van der Waals surface area contributed by atoms with Crippen LogP contribution in [0.3, 0.4) is 0 Å². The van der Waals surface area contributed by atoms with E-state index in [-0.39, 0.29) is 5.82 Å². The topological polar surface area (TPSA) is 9.23 Å². The second kappa shape index (κ2) is 15.2. The molecule has 0 amide bonds. The Morgan fingerprint density at radius 2 is 1.38 bits per heavy atom. The average Bonchev–Trinajstić information content (AvgIpc) is 2.86. The summed E-state index contributed by atoms with van der Waals surface area (Å²) >= 11 is 0. The molecule has 2 aromatic rings. The SMILES string of the molecule is CCCCCCCCCC[C@H]1CC[C@H](COc2ccc(-c3ccc(CCC)cc3)c(F)c2)CC1. The van der Waals surface area contributed by atoms with Crippen molar-refractivity contribution in [1.82, 2.24) is 0 Å². The fourth-order valence-corrected chi connectivity index (χ4v) is 5.43. The van der Waals surface area contributed by atoms with Gasteiger partial charge in [-0.15, -0.1) is 0 Å². The Morgan fingerprint density at radius 3 is 2.03 bits per heavy atom. The van der Waals surface area contributed by atoms with Gasteiger partial charge >= 0.3 is 0 Å². The summed E-state index contributed by atoms with van der Waals surface area (Å²) in [5, 5.41) is 0. The first kappa shape index (κ1) is 26.8. The quantitative estimate of drug-likeness (QED) is 0.237. The molecule has 0 saturated heterocycles. The molecular formula is C32H47FO. The number of hydrogen-bond donors (Lipinski definition) is 0. The highest BCUT2D eigenvalue weighted by atomic mass is 19.1. The van der Waals surface area contributed by atoms with Gasteiger partial charge in [0.25, 0.3) is 0 Å². The fourth-order valence-electron chi connectivity index (χ4n) is 5.43. The van der Waals surface area contributed by atoms with E-state index in [1.165, 1.54) is 89.0 Å². The first-order valence-electron chi connectivity index (χ1n) is 14.2. The van der Waals surface area contributed by atoms with Gasteiger partial charge in [0.1, 0.15) is 11.6 Å². The van der Waals surface area contributed by atoms with Gasteiger partial charge in [0.2, 0.25) is 0 Å². The maximum Gasteiger partial charge on any atom is 0.134 e. The molecule has 0 heterocycles. The second-order valence-electron chi connectivity index (χ2n) is 10.5. The Morgan fingerprint density at radius 1 is 0.735 bits per heavy atom. The van der Waals surface area contributed by atoms with E-state index >= 15 is 0 Å². The first-order chi connectivity index (χ1) is 16.7. The van der Waals surface area contributed by atoms with Gasteiger partial charge in [-0.05, 0) is 54.4 Å². The molecule has 1 nitrogen and oxygen atoms in total. The molecular weight excluding hydrogens is 419 g/mol. The van der Waals surface area contributed by atoms with Crippen LogP contribution in [0.25, 0.3) is 11.1 Å². The highest BCUT2D eigenvalue weighted by molar-refractivity contribution is 5.65. The summed E-state index contributed by atoms with van der Waals surface area (Å²) in [6.45, 7) is 5.18. The lowest BCUT2D eigenvalue weighted by Crippen LogP contribution is -2.20. The first-order valence-corrected chi connectivity index (χ1v) is 14.2. The normalized spacial score (nSPS) is 18.2. The van der Waals surface area contributed by atoms with Crippen molar-refractivity contribution >= 4 is 0 Å². The third kappa shape index (κ3) is 9.08. The molecule has 2 aromatic carbocycles. The Balaban J connectivity index is 1.33. The van der Waals surface area contributed by atoms with Gasteiger partial charge in [-0.25, -0.2) is 4.39 Å². The molecule has 0 N–H and O–H groups in total. The zero-order valence-electron chi connectivity index (χ0n) is 21.8. The molecule has 2 heteroatoms. The van der Waals surface area contributed by atoms with E-state index in [4.69, 9.17) is 4.74 Å². The summed E-state index contributed by atoms with van der Waals surface area (Å²) in [6.07, 6.45) is 20.1. The predicted octanol–water partition coefficient (Wildman–Crippen LogP) is 10.2. The zero-order valence-corrected chi connectivity index (χ0v) is 21.8. The van der Waals surface area contributed by atoms with E-state index in [0.29, 0.717) is 17.2 Å². The smallest absolute Gasteiger partial charge is 0.134 e. The monoisotopic (exact) mass is 466 g/mol. The van der Waals surface area contributed by atoms with Crippen molar-refractivity contribution in [3.63, 3.8) is 0 Å². The van der Waals surface area contributed by atoms with Crippen molar-refractivity contribution in [1.29, 1.82) is 0 Å². The van der Waals surface area contributed by atoms with Gasteiger partial charge in [0, 0.05) is 11.6 Å². The number of benzene rings is 2. The van der Waals surface area contributed by atoms with Gasteiger partial charge in [-0.1, -0.05) is 115 Å². The summed E-state index contributed by atoms with van der Waals surface area (Å²) in [4.78, 5) is 0. The lowest BCUT2D eigenvalue weighted by atomic mass is 9.80. The minimum atomic E-state index is -0.199. The third-order valence-corrected chi connectivity index (χ3v) is 7.66. The average molecular weight is 467 g/mol. The predicted molar refractivity (Wildman–Crippen MR) is 144 cm³/mol. The van der Waals surface area contributed by atoms with Crippen molar-refractivity contribution in [2.75, 3.05) is 6.61 Å². The van der Waals surface area contributed by atoms with Crippen molar-refractivity contribution in [2.24, 2.45) is 11.8 Å². The minimum absolute atomic E-state index is 0.199. The van der Waals surface area contributed by atoms with Crippen molar-refractivity contribution < 1.29 is 9.13 Å². The number of rotatable bonds is 15. The molecule has 1 aliphatic carbocycles. The summed E-state index contributed by atoms with van der Waals surface area (Å²) in [7, 11) is 0. The number of hydrogen-bond acceptors (Lipinski definition) is 1. The Hall–Kier alpha value is -1.83. The van der Waals surface area contributed by atoms with E-state index < -0.39 is 0 Å².